The highest BCUT2D eigenvalue weighted by Crippen LogP contribution is 2.25. The molecular weight excluding hydrogens is 545 g/mol. The Morgan fingerprint density at radius 3 is 2.71 bits per heavy atom. The number of pyridine rings is 1. The van der Waals surface area contributed by atoms with Crippen molar-refractivity contribution in [2.24, 2.45) is 0 Å². The summed E-state index contributed by atoms with van der Waals surface area (Å²) in [7, 11) is 0. The van der Waals surface area contributed by atoms with E-state index in [1.807, 2.05) is 6.07 Å². The summed E-state index contributed by atoms with van der Waals surface area (Å²) in [6.07, 6.45) is 5.40. The number of aromatic nitrogens is 5. The Balaban J connectivity index is 1.06. The van der Waals surface area contributed by atoms with Crippen LogP contribution in [0.1, 0.15) is 46.8 Å². The van der Waals surface area contributed by atoms with Crippen molar-refractivity contribution in [1.29, 1.82) is 5.26 Å². The third-order valence-electron chi connectivity index (χ3n) is 7.40. The Morgan fingerprint density at radius 2 is 2.00 bits per heavy atom. The van der Waals surface area contributed by atoms with E-state index in [0.29, 0.717) is 24.8 Å². The molecule has 13 heteroatoms. The molecule has 0 saturated carbocycles. The van der Waals surface area contributed by atoms with Crippen LogP contribution >= 0.6 is 0 Å². The number of hydrogen-bond donors (Lipinski definition) is 1. The third kappa shape index (κ3) is 6.14. The van der Waals surface area contributed by atoms with Gasteiger partial charge in [0.25, 0.3) is 5.88 Å². The molecular formula is C29H28FN7O5. The fraction of sp³-hybridized carbons (Fsp3) is 0.379. The maximum absolute atomic E-state index is 14.1. The molecule has 1 aromatic carbocycles. The highest BCUT2D eigenvalue weighted by molar-refractivity contribution is 5.92. The van der Waals surface area contributed by atoms with Gasteiger partial charge in [0.05, 0.1) is 41.4 Å². The summed E-state index contributed by atoms with van der Waals surface area (Å²) >= 11 is 0. The van der Waals surface area contributed by atoms with Crippen LogP contribution in [0.2, 0.25) is 0 Å². The lowest BCUT2D eigenvalue weighted by Gasteiger charge is -2.32. The van der Waals surface area contributed by atoms with Crippen LogP contribution < -0.4 is 9.47 Å². The molecule has 2 saturated heterocycles. The molecule has 42 heavy (non-hydrogen) atoms. The van der Waals surface area contributed by atoms with Gasteiger partial charge in [-0.3, -0.25) is 4.90 Å². The SMILES string of the molecule is N#Cc1cnc(OCc2nccc(OC3CCN(Cc4nc5ccc(C(=O)O)cc5n4C[C@@H]4CCO4)CC3)n2)c(F)c1. The van der Waals surface area contributed by atoms with Gasteiger partial charge in [-0.05, 0) is 43.5 Å². The summed E-state index contributed by atoms with van der Waals surface area (Å²) in [6, 6.07) is 9.59. The maximum atomic E-state index is 14.1. The Hall–Kier alpha value is -4.67. The van der Waals surface area contributed by atoms with Crippen LogP contribution in [0.5, 0.6) is 11.8 Å². The lowest BCUT2D eigenvalue weighted by atomic mass is 10.1. The summed E-state index contributed by atoms with van der Waals surface area (Å²) in [6.45, 7) is 3.49. The molecule has 4 aromatic rings. The molecule has 1 N–H and O–H groups in total. The lowest BCUT2D eigenvalue weighted by molar-refractivity contribution is -0.0592. The quantitative estimate of drug-likeness (QED) is 0.298. The van der Waals surface area contributed by atoms with Gasteiger partial charge in [0.1, 0.15) is 24.6 Å². The summed E-state index contributed by atoms with van der Waals surface area (Å²) in [5.41, 5.74) is 1.92. The van der Waals surface area contributed by atoms with Crippen molar-refractivity contribution >= 4 is 17.0 Å². The van der Waals surface area contributed by atoms with Crippen molar-refractivity contribution in [2.45, 2.75) is 51.2 Å². The molecule has 3 aromatic heterocycles. The Kier molecular flexibility index (Phi) is 7.89. The van der Waals surface area contributed by atoms with E-state index >= 15 is 0 Å². The van der Waals surface area contributed by atoms with Crippen molar-refractivity contribution in [3.05, 3.63) is 71.3 Å². The zero-order chi connectivity index (χ0) is 29.1. The maximum Gasteiger partial charge on any atom is 0.335 e. The number of benzene rings is 1. The number of likely N-dealkylation sites (tertiary alicyclic amines) is 1. The first-order valence-corrected chi connectivity index (χ1v) is 13.7. The van der Waals surface area contributed by atoms with Gasteiger partial charge in [-0.1, -0.05) is 0 Å². The van der Waals surface area contributed by atoms with E-state index in [9.17, 15) is 14.3 Å². The number of hydrogen-bond acceptors (Lipinski definition) is 10. The first-order valence-electron chi connectivity index (χ1n) is 13.7. The third-order valence-corrected chi connectivity index (χ3v) is 7.40. The summed E-state index contributed by atoms with van der Waals surface area (Å²) in [4.78, 5) is 31.1. The van der Waals surface area contributed by atoms with Crippen LogP contribution in [0.4, 0.5) is 4.39 Å². The first kappa shape index (κ1) is 27.5. The van der Waals surface area contributed by atoms with Crippen LogP contribution in [0, 0.1) is 17.1 Å². The van der Waals surface area contributed by atoms with Gasteiger partial charge in [-0.15, -0.1) is 0 Å². The molecule has 0 radical (unpaired) electrons. The summed E-state index contributed by atoms with van der Waals surface area (Å²) in [5, 5.41) is 18.3. The molecule has 2 fully saturated rings. The zero-order valence-corrected chi connectivity index (χ0v) is 22.6. The number of rotatable bonds is 10. The lowest BCUT2D eigenvalue weighted by Crippen LogP contribution is -2.39. The molecule has 1 atom stereocenters. The molecule has 216 valence electrons. The van der Waals surface area contributed by atoms with E-state index in [-0.39, 0.29) is 35.8 Å². The summed E-state index contributed by atoms with van der Waals surface area (Å²) < 4.78 is 33.3. The number of nitriles is 1. The molecule has 5 heterocycles. The van der Waals surface area contributed by atoms with Gasteiger partial charge in [-0.2, -0.15) is 10.2 Å². The number of halogens is 1. The van der Waals surface area contributed by atoms with Crippen LogP contribution in [-0.2, 0) is 24.4 Å². The number of carboxylic acids is 1. The van der Waals surface area contributed by atoms with E-state index < -0.39 is 11.8 Å². The molecule has 0 bridgehead atoms. The number of aromatic carboxylic acids is 1. The minimum Gasteiger partial charge on any atom is -0.478 e. The fourth-order valence-electron chi connectivity index (χ4n) is 5.06. The average Bonchev–Trinajstić information content (AvgIpc) is 3.31. The molecule has 0 aliphatic carbocycles. The molecule has 0 spiro atoms. The van der Waals surface area contributed by atoms with E-state index in [4.69, 9.17) is 24.5 Å². The second-order valence-electron chi connectivity index (χ2n) is 10.2. The van der Waals surface area contributed by atoms with E-state index in [1.165, 1.54) is 6.20 Å². The number of ether oxygens (including phenoxy) is 3. The average molecular weight is 574 g/mol. The van der Waals surface area contributed by atoms with Gasteiger partial charge in [-0.25, -0.2) is 24.1 Å². The molecule has 0 amide bonds. The predicted octanol–water partition coefficient (Wildman–Crippen LogP) is 3.34. The Morgan fingerprint density at radius 1 is 1.17 bits per heavy atom. The monoisotopic (exact) mass is 573 g/mol. The highest BCUT2D eigenvalue weighted by atomic mass is 19.1. The van der Waals surface area contributed by atoms with Crippen molar-refractivity contribution in [1.82, 2.24) is 29.4 Å². The molecule has 2 aliphatic heterocycles. The van der Waals surface area contributed by atoms with Crippen LogP contribution in [0.3, 0.4) is 0 Å². The predicted molar refractivity (Wildman–Crippen MR) is 145 cm³/mol. The number of fused-ring (bicyclic) bond motifs is 1. The molecule has 2 aliphatic rings. The smallest absolute Gasteiger partial charge is 0.335 e. The Labute approximate surface area is 240 Å². The van der Waals surface area contributed by atoms with Crippen LogP contribution in [0.15, 0.2) is 42.7 Å². The van der Waals surface area contributed by atoms with E-state index in [2.05, 4.69) is 24.4 Å². The first-order chi connectivity index (χ1) is 20.4. The number of piperidine rings is 1. The van der Waals surface area contributed by atoms with Gasteiger partial charge >= 0.3 is 5.97 Å². The van der Waals surface area contributed by atoms with E-state index in [0.717, 1.165) is 61.9 Å². The standard InChI is InChI=1S/C29H28FN7O5/c30-22-11-18(13-31)14-33-28(22)41-17-25-32-7-3-27(35-25)42-20-4-8-36(9-5-20)16-26-34-23-2-1-19(29(38)39)12-24(23)37(26)15-21-6-10-40-21/h1-3,7,11-12,14,20-21H,4-6,8-10,15-17H2,(H,38,39)/t21-/m0/s1. The number of imidazole rings is 1. The highest BCUT2D eigenvalue weighted by Gasteiger charge is 2.26. The zero-order valence-electron chi connectivity index (χ0n) is 22.6. The van der Waals surface area contributed by atoms with Crippen molar-refractivity contribution in [3.8, 4) is 17.8 Å². The van der Waals surface area contributed by atoms with Crippen molar-refractivity contribution in [2.75, 3.05) is 19.7 Å². The number of carbonyl (C=O) groups is 1. The fourth-order valence-corrected chi connectivity index (χ4v) is 5.06. The van der Waals surface area contributed by atoms with Crippen LogP contribution in [0.25, 0.3) is 11.0 Å². The van der Waals surface area contributed by atoms with Crippen molar-refractivity contribution in [3.63, 3.8) is 0 Å². The molecule has 0 unspecified atom stereocenters. The van der Waals surface area contributed by atoms with Crippen molar-refractivity contribution < 1.29 is 28.5 Å². The Bertz CT molecular complexity index is 1640. The second-order valence-corrected chi connectivity index (χ2v) is 10.2. The number of nitrogens with zero attached hydrogens (tertiary/aromatic N) is 7. The minimum absolute atomic E-state index is 0.0390. The normalized spacial score (nSPS) is 17.5. The van der Waals surface area contributed by atoms with Crippen LogP contribution in [-0.4, -0.2) is 72.4 Å². The minimum atomic E-state index is -0.964. The second kappa shape index (κ2) is 12.1. The van der Waals surface area contributed by atoms with Gasteiger partial charge in [0.15, 0.2) is 11.6 Å². The summed E-state index contributed by atoms with van der Waals surface area (Å²) in [5.74, 6) is -0.315. The largest absolute Gasteiger partial charge is 0.478 e. The van der Waals surface area contributed by atoms with Gasteiger partial charge in [0, 0.05) is 38.2 Å². The van der Waals surface area contributed by atoms with E-state index in [1.54, 1.807) is 30.5 Å². The van der Waals surface area contributed by atoms with Gasteiger partial charge in [0.2, 0.25) is 5.88 Å². The number of carboxylic acid groups (broad SMARTS) is 1. The molecule has 6 rings (SSSR count). The topological polar surface area (TPSA) is 149 Å². The molecule has 12 nitrogen and oxygen atoms in total. The van der Waals surface area contributed by atoms with Gasteiger partial charge < -0.3 is 23.9 Å².